The van der Waals surface area contributed by atoms with Crippen LogP contribution in [0, 0.1) is 11.6 Å². The van der Waals surface area contributed by atoms with Crippen molar-refractivity contribution in [3.8, 4) is 0 Å². The zero-order valence-corrected chi connectivity index (χ0v) is 12.6. The molecule has 1 aliphatic rings. The van der Waals surface area contributed by atoms with Gasteiger partial charge >= 0.3 is 0 Å². The molecule has 0 saturated carbocycles. The first-order valence-electron chi connectivity index (χ1n) is 7.56. The molecule has 23 heavy (non-hydrogen) atoms. The van der Waals surface area contributed by atoms with E-state index >= 15 is 0 Å². The molecule has 2 aromatic rings. The van der Waals surface area contributed by atoms with Gasteiger partial charge in [0.25, 0.3) is 5.91 Å². The topological polar surface area (TPSA) is 45.2 Å². The van der Waals surface area contributed by atoms with Gasteiger partial charge in [-0.05, 0) is 42.7 Å². The number of carbonyl (C=O) groups is 1. The predicted octanol–water partition coefficient (Wildman–Crippen LogP) is 2.89. The zero-order valence-electron chi connectivity index (χ0n) is 12.6. The van der Waals surface area contributed by atoms with E-state index in [1.165, 1.54) is 0 Å². The van der Waals surface area contributed by atoms with Crippen molar-refractivity contribution in [1.29, 1.82) is 0 Å². The summed E-state index contributed by atoms with van der Waals surface area (Å²) in [5.41, 5.74) is 0.864. The summed E-state index contributed by atoms with van der Waals surface area (Å²) in [7, 11) is 0. The Kier molecular flexibility index (Phi) is 4.50. The largest absolute Gasteiger partial charge is 0.357 e. The summed E-state index contributed by atoms with van der Waals surface area (Å²) in [4.78, 5) is 18.5. The van der Waals surface area contributed by atoms with E-state index in [9.17, 15) is 13.6 Å². The first-order chi connectivity index (χ1) is 11.1. The minimum absolute atomic E-state index is 0.0312. The maximum absolute atomic E-state index is 13.1. The standard InChI is InChI=1S/C17H17F2N3O/c18-14-8-13(9-15(19)10-14)17(23)21-11-12-3-4-20-16(7-12)22-5-1-2-6-22/h3-4,7-10H,1-2,5-6,11H2,(H,21,23). The summed E-state index contributed by atoms with van der Waals surface area (Å²) in [5, 5.41) is 2.67. The zero-order chi connectivity index (χ0) is 16.2. The Labute approximate surface area is 133 Å². The monoisotopic (exact) mass is 317 g/mol. The van der Waals surface area contributed by atoms with Gasteiger partial charge < -0.3 is 10.2 Å². The fourth-order valence-corrected chi connectivity index (χ4v) is 2.66. The van der Waals surface area contributed by atoms with Crippen molar-refractivity contribution in [2.24, 2.45) is 0 Å². The third-order valence-corrected chi connectivity index (χ3v) is 3.82. The van der Waals surface area contributed by atoms with Gasteiger partial charge in [-0.25, -0.2) is 13.8 Å². The number of nitrogens with zero attached hydrogens (tertiary/aromatic N) is 2. The van der Waals surface area contributed by atoms with Crippen LogP contribution in [0.5, 0.6) is 0 Å². The lowest BCUT2D eigenvalue weighted by atomic mass is 10.2. The van der Waals surface area contributed by atoms with Gasteiger partial charge in [0.05, 0.1) is 0 Å². The first kappa shape index (κ1) is 15.4. The average molecular weight is 317 g/mol. The van der Waals surface area contributed by atoms with E-state index in [1.54, 1.807) is 6.20 Å². The lowest BCUT2D eigenvalue weighted by molar-refractivity contribution is 0.0950. The minimum atomic E-state index is -0.768. The van der Waals surface area contributed by atoms with Gasteiger partial charge in [-0.2, -0.15) is 0 Å². The lowest BCUT2D eigenvalue weighted by Crippen LogP contribution is -2.24. The molecule has 0 spiro atoms. The number of rotatable bonds is 4. The number of nitrogens with one attached hydrogen (secondary N) is 1. The number of pyridine rings is 1. The summed E-state index contributed by atoms with van der Waals surface area (Å²) in [6, 6.07) is 6.51. The Morgan fingerprint density at radius 1 is 1.13 bits per heavy atom. The summed E-state index contributed by atoms with van der Waals surface area (Å²) < 4.78 is 26.3. The third kappa shape index (κ3) is 3.83. The molecule has 0 unspecified atom stereocenters. The molecular weight excluding hydrogens is 300 g/mol. The Bertz CT molecular complexity index is 694. The highest BCUT2D eigenvalue weighted by atomic mass is 19.1. The van der Waals surface area contributed by atoms with Crippen molar-refractivity contribution in [3.05, 3.63) is 59.3 Å². The predicted molar refractivity (Wildman–Crippen MR) is 83.2 cm³/mol. The quantitative estimate of drug-likeness (QED) is 0.943. The molecule has 1 aromatic carbocycles. The van der Waals surface area contributed by atoms with E-state index in [-0.39, 0.29) is 12.1 Å². The summed E-state index contributed by atoms with van der Waals surface area (Å²) in [6.45, 7) is 2.26. The smallest absolute Gasteiger partial charge is 0.251 e. The molecule has 1 N–H and O–H groups in total. The molecule has 4 nitrogen and oxygen atoms in total. The van der Waals surface area contributed by atoms with Gasteiger partial charge in [0, 0.05) is 37.5 Å². The summed E-state index contributed by atoms with van der Waals surface area (Å²) in [5.74, 6) is -1.15. The van der Waals surface area contributed by atoms with Crippen LogP contribution >= 0.6 is 0 Å². The Balaban J connectivity index is 1.65. The first-order valence-corrected chi connectivity index (χ1v) is 7.56. The second kappa shape index (κ2) is 6.73. The average Bonchev–Trinajstić information content (AvgIpc) is 3.06. The van der Waals surface area contributed by atoms with Crippen molar-refractivity contribution < 1.29 is 13.6 Å². The molecule has 2 heterocycles. The molecular formula is C17H17F2N3O. The van der Waals surface area contributed by atoms with Gasteiger partial charge in [-0.15, -0.1) is 0 Å². The van der Waals surface area contributed by atoms with E-state index in [0.717, 1.165) is 55.5 Å². The van der Waals surface area contributed by atoms with Gasteiger partial charge in [0.1, 0.15) is 17.5 Å². The number of hydrogen-bond donors (Lipinski definition) is 1. The number of hydrogen-bond acceptors (Lipinski definition) is 3. The third-order valence-electron chi connectivity index (χ3n) is 3.82. The van der Waals surface area contributed by atoms with Crippen LogP contribution in [0.4, 0.5) is 14.6 Å². The molecule has 1 aromatic heterocycles. The van der Waals surface area contributed by atoms with Crippen molar-refractivity contribution >= 4 is 11.7 Å². The Morgan fingerprint density at radius 2 is 1.83 bits per heavy atom. The molecule has 0 aliphatic carbocycles. The van der Waals surface area contributed by atoms with Crippen LogP contribution in [0.15, 0.2) is 36.5 Å². The van der Waals surface area contributed by atoms with Crippen molar-refractivity contribution in [2.75, 3.05) is 18.0 Å². The minimum Gasteiger partial charge on any atom is -0.357 e. The summed E-state index contributed by atoms with van der Waals surface area (Å²) in [6.07, 6.45) is 4.03. The highest BCUT2D eigenvalue weighted by molar-refractivity contribution is 5.94. The highest BCUT2D eigenvalue weighted by Crippen LogP contribution is 2.18. The second-order valence-electron chi connectivity index (χ2n) is 5.56. The number of carbonyl (C=O) groups excluding carboxylic acids is 1. The lowest BCUT2D eigenvalue weighted by Gasteiger charge is -2.17. The molecule has 1 saturated heterocycles. The maximum Gasteiger partial charge on any atom is 0.251 e. The van der Waals surface area contributed by atoms with Gasteiger partial charge in [-0.1, -0.05) is 0 Å². The highest BCUT2D eigenvalue weighted by Gasteiger charge is 2.14. The van der Waals surface area contributed by atoms with Gasteiger partial charge in [0.15, 0.2) is 0 Å². The van der Waals surface area contributed by atoms with Gasteiger partial charge in [-0.3, -0.25) is 4.79 Å². The number of amides is 1. The van der Waals surface area contributed by atoms with Crippen LogP contribution in [0.1, 0.15) is 28.8 Å². The van der Waals surface area contributed by atoms with Crippen LogP contribution in [0.2, 0.25) is 0 Å². The molecule has 1 amide bonds. The number of aromatic nitrogens is 1. The van der Waals surface area contributed by atoms with Crippen LogP contribution < -0.4 is 10.2 Å². The normalized spacial score (nSPS) is 14.1. The Hall–Kier alpha value is -2.50. The summed E-state index contributed by atoms with van der Waals surface area (Å²) >= 11 is 0. The van der Waals surface area contributed by atoms with E-state index in [4.69, 9.17) is 0 Å². The second-order valence-corrected chi connectivity index (χ2v) is 5.56. The van der Waals surface area contributed by atoms with Crippen LogP contribution in [0.3, 0.4) is 0 Å². The van der Waals surface area contributed by atoms with E-state index in [1.807, 2.05) is 12.1 Å². The van der Waals surface area contributed by atoms with Crippen molar-refractivity contribution in [3.63, 3.8) is 0 Å². The van der Waals surface area contributed by atoms with E-state index < -0.39 is 17.5 Å². The fraction of sp³-hybridized carbons (Fsp3) is 0.294. The van der Waals surface area contributed by atoms with Crippen LogP contribution in [-0.2, 0) is 6.54 Å². The molecule has 120 valence electrons. The van der Waals surface area contributed by atoms with Crippen molar-refractivity contribution in [2.45, 2.75) is 19.4 Å². The SMILES string of the molecule is O=C(NCc1ccnc(N2CCCC2)c1)c1cc(F)cc(F)c1. The number of anilines is 1. The molecule has 3 rings (SSSR count). The maximum atomic E-state index is 13.1. The molecule has 0 radical (unpaired) electrons. The molecule has 1 aliphatic heterocycles. The number of halogens is 2. The van der Waals surface area contributed by atoms with E-state index in [2.05, 4.69) is 15.2 Å². The molecule has 0 atom stereocenters. The van der Waals surface area contributed by atoms with Crippen molar-refractivity contribution in [1.82, 2.24) is 10.3 Å². The van der Waals surface area contributed by atoms with Crippen LogP contribution in [-0.4, -0.2) is 24.0 Å². The molecule has 0 bridgehead atoms. The van der Waals surface area contributed by atoms with Gasteiger partial charge in [0.2, 0.25) is 0 Å². The number of benzene rings is 1. The molecule has 1 fully saturated rings. The van der Waals surface area contributed by atoms with E-state index in [0.29, 0.717) is 0 Å². The Morgan fingerprint density at radius 3 is 2.52 bits per heavy atom. The fourth-order valence-electron chi connectivity index (χ4n) is 2.66. The van der Waals surface area contributed by atoms with Crippen LogP contribution in [0.25, 0.3) is 0 Å². The molecule has 6 heteroatoms.